The Hall–Kier alpha value is -3.61. The topological polar surface area (TPSA) is 109 Å². The van der Waals surface area contributed by atoms with E-state index in [0.29, 0.717) is 36.7 Å². The highest BCUT2D eigenvalue weighted by Gasteiger charge is 2.36. The Morgan fingerprint density at radius 2 is 1.79 bits per heavy atom. The molecule has 0 saturated carbocycles. The van der Waals surface area contributed by atoms with Crippen LogP contribution >= 0.6 is 0 Å². The van der Waals surface area contributed by atoms with E-state index in [2.05, 4.69) is 32.5 Å². The molecule has 3 heterocycles. The lowest BCUT2D eigenvalue weighted by Crippen LogP contribution is -2.46. The van der Waals surface area contributed by atoms with Crippen molar-refractivity contribution in [3.63, 3.8) is 0 Å². The van der Waals surface area contributed by atoms with Crippen molar-refractivity contribution in [2.45, 2.75) is 44.3 Å². The quantitative estimate of drug-likeness (QED) is 0.311. The molecule has 0 unspecified atom stereocenters. The minimum Gasteiger partial charge on any atom is -0.493 e. The van der Waals surface area contributed by atoms with Gasteiger partial charge < -0.3 is 28.7 Å². The normalized spacial score (nSPS) is 16.4. The van der Waals surface area contributed by atoms with Crippen molar-refractivity contribution in [2.75, 3.05) is 58.4 Å². The molecule has 1 fully saturated rings. The molecule has 2 aromatic carbocycles. The maximum atomic E-state index is 14.0. The smallest absolute Gasteiger partial charge is 0.257 e. The van der Waals surface area contributed by atoms with E-state index >= 15 is 0 Å². The lowest BCUT2D eigenvalue weighted by Gasteiger charge is -2.36. The van der Waals surface area contributed by atoms with E-state index in [1.807, 2.05) is 35.2 Å². The third kappa shape index (κ3) is 6.22. The van der Waals surface area contributed by atoms with Gasteiger partial charge in [-0.05, 0) is 56.1 Å². The number of fused-ring (bicyclic) bond motifs is 1. The van der Waals surface area contributed by atoms with Gasteiger partial charge in [0, 0.05) is 63.1 Å². The summed E-state index contributed by atoms with van der Waals surface area (Å²) >= 11 is 0. The zero-order valence-electron chi connectivity index (χ0n) is 25.7. The largest absolute Gasteiger partial charge is 0.493 e. The number of aromatic nitrogens is 2. The van der Waals surface area contributed by atoms with Crippen LogP contribution in [0.15, 0.2) is 47.6 Å². The number of piperazine rings is 1. The number of benzene rings is 2. The number of sulfonamides is 1. The molecule has 5 rings (SSSR count). The Labute approximate surface area is 254 Å². The molecule has 1 amide bonds. The first kappa shape index (κ1) is 30.8. The molecule has 232 valence electrons. The molecule has 1 N–H and O–H groups in total. The maximum absolute atomic E-state index is 14.0. The van der Waals surface area contributed by atoms with Crippen LogP contribution in [0.2, 0.25) is 0 Å². The number of hydrogen-bond acceptors (Lipinski definition) is 8. The van der Waals surface area contributed by atoms with Crippen LogP contribution < -0.4 is 19.1 Å². The van der Waals surface area contributed by atoms with Crippen LogP contribution in [0.5, 0.6) is 11.5 Å². The highest BCUT2D eigenvalue weighted by atomic mass is 32.2. The standard InChI is InChI=1S/C31H42N6O5S/c1-6-35-15-17-36(18-16-35)27-10-7-9-24-25(27)21-37(31(24)38)26(23-12-13-28(41-4)29(19-23)42-5)11-8-14-33-43(39,40)30-20-32-22(2)34(30)3/h7,9-10,12-13,19-20,26,33H,6,8,11,14-18,21H2,1-5H3/t26-/m1/s1. The molecule has 3 aromatic rings. The molecular formula is C31H42N6O5S. The lowest BCUT2D eigenvalue weighted by molar-refractivity contribution is 0.0689. The molecule has 12 heteroatoms. The van der Waals surface area contributed by atoms with E-state index < -0.39 is 10.0 Å². The van der Waals surface area contributed by atoms with Gasteiger partial charge in [0.05, 0.1) is 26.5 Å². The predicted octanol–water partition coefficient (Wildman–Crippen LogP) is 3.34. The van der Waals surface area contributed by atoms with Crippen LogP contribution in [0.1, 0.15) is 53.1 Å². The van der Waals surface area contributed by atoms with Crippen molar-refractivity contribution in [3.05, 3.63) is 65.1 Å². The summed E-state index contributed by atoms with van der Waals surface area (Å²) in [5, 5.41) is 0.124. The Morgan fingerprint density at radius 1 is 1.05 bits per heavy atom. The summed E-state index contributed by atoms with van der Waals surface area (Å²) in [7, 11) is 1.13. The molecule has 0 radical (unpaired) electrons. The summed E-state index contributed by atoms with van der Waals surface area (Å²) < 4.78 is 41.2. The third-order valence-corrected chi connectivity index (χ3v) is 10.2. The zero-order valence-corrected chi connectivity index (χ0v) is 26.5. The lowest BCUT2D eigenvalue weighted by atomic mass is 9.99. The number of aryl methyl sites for hydroxylation is 1. The first-order valence-corrected chi connectivity index (χ1v) is 16.3. The SMILES string of the molecule is CCN1CCN(c2cccc3c2CN([C@H](CCCNS(=O)(=O)c2cnc(C)n2C)c2ccc(OC)c(OC)c2)C3=O)CC1. The Balaban J connectivity index is 1.38. The summed E-state index contributed by atoms with van der Waals surface area (Å²) in [5.41, 5.74) is 3.81. The highest BCUT2D eigenvalue weighted by molar-refractivity contribution is 7.89. The molecular weight excluding hydrogens is 568 g/mol. The van der Waals surface area contributed by atoms with Crippen molar-refractivity contribution in [1.29, 1.82) is 0 Å². The molecule has 1 saturated heterocycles. The van der Waals surface area contributed by atoms with E-state index in [0.717, 1.165) is 55.1 Å². The van der Waals surface area contributed by atoms with Crippen LogP contribution in [-0.4, -0.2) is 87.2 Å². The molecule has 2 aliphatic heterocycles. The van der Waals surface area contributed by atoms with Crippen molar-refractivity contribution < 1.29 is 22.7 Å². The summed E-state index contributed by atoms with van der Waals surface area (Å²) in [6.07, 6.45) is 2.43. The molecule has 0 aliphatic carbocycles. The average Bonchev–Trinajstić information content (AvgIpc) is 3.55. The number of carbonyl (C=O) groups excluding carboxylic acids is 1. The first-order chi connectivity index (χ1) is 20.7. The fourth-order valence-corrected chi connectivity index (χ4v) is 7.31. The Morgan fingerprint density at radius 3 is 2.44 bits per heavy atom. The van der Waals surface area contributed by atoms with Crippen LogP contribution in [0.25, 0.3) is 0 Å². The summed E-state index contributed by atoms with van der Waals surface area (Å²) in [6.45, 7) is 9.54. The van der Waals surface area contributed by atoms with Crippen molar-refractivity contribution >= 4 is 21.6 Å². The van der Waals surface area contributed by atoms with Gasteiger partial charge in [-0.15, -0.1) is 0 Å². The fourth-order valence-electron chi connectivity index (χ4n) is 6.06. The minimum absolute atomic E-state index is 0.0187. The van der Waals surface area contributed by atoms with Crippen molar-refractivity contribution in [3.8, 4) is 11.5 Å². The van der Waals surface area contributed by atoms with E-state index in [-0.39, 0.29) is 23.5 Å². The molecule has 0 spiro atoms. The van der Waals surface area contributed by atoms with Gasteiger partial charge in [-0.2, -0.15) is 0 Å². The van der Waals surface area contributed by atoms with Gasteiger partial charge in [-0.25, -0.2) is 18.1 Å². The van der Waals surface area contributed by atoms with Gasteiger partial charge in [-0.1, -0.05) is 19.1 Å². The van der Waals surface area contributed by atoms with Gasteiger partial charge in [-0.3, -0.25) is 4.79 Å². The number of ether oxygens (including phenoxy) is 2. The average molecular weight is 611 g/mol. The van der Waals surface area contributed by atoms with Crippen molar-refractivity contribution in [1.82, 2.24) is 24.1 Å². The Kier molecular flexibility index (Phi) is 9.28. The van der Waals surface area contributed by atoms with E-state index in [1.165, 1.54) is 6.20 Å². The number of carbonyl (C=O) groups is 1. The number of nitrogens with zero attached hydrogens (tertiary/aromatic N) is 5. The van der Waals surface area contributed by atoms with E-state index in [1.54, 1.807) is 32.8 Å². The number of likely N-dealkylation sites (N-methyl/N-ethyl adjacent to an activating group) is 1. The van der Waals surface area contributed by atoms with Crippen LogP contribution in [0.3, 0.4) is 0 Å². The zero-order chi connectivity index (χ0) is 30.7. The summed E-state index contributed by atoms with van der Waals surface area (Å²) in [6, 6.07) is 11.4. The van der Waals surface area contributed by atoms with Gasteiger partial charge in [0.1, 0.15) is 5.82 Å². The minimum atomic E-state index is -3.73. The highest BCUT2D eigenvalue weighted by Crippen LogP contribution is 2.40. The second-order valence-corrected chi connectivity index (χ2v) is 12.7. The maximum Gasteiger partial charge on any atom is 0.257 e. The number of anilines is 1. The molecule has 2 aliphatic rings. The number of amides is 1. The van der Waals surface area contributed by atoms with Crippen LogP contribution in [0, 0.1) is 6.92 Å². The Bertz CT molecular complexity index is 1560. The monoisotopic (exact) mass is 610 g/mol. The number of rotatable bonds is 12. The third-order valence-electron chi connectivity index (χ3n) is 8.70. The van der Waals surface area contributed by atoms with Crippen LogP contribution in [0.4, 0.5) is 5.69 Å². The van der Waals surface area contributed by atoms with Gasteiger partial charge in [0.25, 0.3) is 15.9 Å². The van der Waals surface area contributed by atoms with Crippen molar-refractivity contribution in [2.24, 2.45) is 7.05 Å². The first-order valence-electron chi connectivity index (χ1n) is 14.8. The molecule has 1 aromatic heterocycles. The molecule has 1 atom stereocenters. The predicted molar refractivity (Wildman–Crippen MR) is 165 cm³/mol. The second kappa shape index (κ2) is 12.9. The number of methoxy groups -OCH3 is 2. The number of imidazole rings is 1. The van der Waals surface area contributed by atoms with Gasteiger partial charge >= 0.3 is 0 Å². The summed E-state index contributed by atoms with van der Waals surface area (Å²) in [5.74, 6) is 1.78. The van der Waals surface area contributed by atoms with E-state index in [4.69, 9.17) is 9.47 Å². The fraction of sp³-hybridized carbons (Fsp3) is 0.484. The van der Waals surface area contributed by atoms with Crippen LogP contribution in [-0.2, 0) is 23.6 Å². The molecule has 11 nitrogen and oxygen atoms in total. The number of nitrogens with one attached hydrogen (secondary N) is 1. The van der Waals surface area contributed by atoms with E-state index in [9.17, 15) is 13.2 Å². The molecule has 43 heavy (non-hydrogen) atoms. The molecule has 0 bridgehead atoms. The number of hydrogen-bond donors (Lipinski definition) is 1. The summed E-state index contributed by atoms with van der Waals surface area (Å²) in [4.78, 5) is 24.8. The van der Waals surface area contributed by atoms with Gasteiger partial charge in [0.2, 0.25) is 0 Å². The second-order valence-electron chi connectivity index (χ2n) is 11.0. The van der Waals surface area contributed by atoms with Gasteiger partial charge in [0.15, 0.2) is 16.5 Å².